The Morgan fingerprint density at radius 2 is 2.10 bits per heavy atom. The first-order valence-electron chi connectivity index (χ1n) is 6.28. The van der Waals surface area contributed by atoms with E-state index in [2.05, 4.69) is 10.3 Å². The Morgan fingerprint density at radius 3 is 2.80 bits per heavy atom. The van der Waals surface area contributed by atoms with E-state index in [4.69, 9.17) is 4.42 Å². The van der Waals surface area contributed by atoms with Crippen molar-refractivity contribution in [2.24, 2.45) is 0 Å². The van der Waals surface area contributed by atoms with Gasteiger partial charge in [-0.05, 0) is 39.0 Å². The molecule has 3 rings (SSSR count). The van der Waals surface area contributed by atoms with E-state index in [-0.39, 0.29) is 5.91 Å². The molecule has 5 heteroatoms. The van der Waals surface area contributed by atoms with E-state index in [1.54, 1.807) is 24.5 Å². The number of nitrogens with zero attached hydrogens (tertiary/aromatic N) is 1. The van der Waals surface area contributed by atoms with Crippen LogP contribution in [-0.2, 0) is 0 Å². The predicted octanol–water partition coefficient (Wildman–Crippen LogP) is 4.07. The number of furan rings is 1. The summed E-state index contributed by atoms with van der Waals surface area (Å²) < 4.78 is 6.38. The number of aryl methyl sites for hydroxylation is 3. The number of hydrogen-bond acceptors (Lipinski definition) is 4. The number of amides is 1. The lowest BCUT2D eigenvalue weighted by molar-refractivity contribution is 0.102. The van der Waals surface area contributed by atoms with Crippen molar-refractivity contribution in [2.75, 3.05) is 5.32 Å². The summed E-state index contributed by atoms with van der Waals surface area (Å²) in [5, 5.41) is 3.91. The van der Waals surface area contributed by atoms with Crippen molar-refractivity contribution in [3.8, 4) is 0 Å². The highest BCUT2D eigenvalue weighted by Gasteiger charge is 2.16. The molecule has 1 amide bonds. The van der Waals surface area contributed by atoms with E-state index < -0.39 is 0 Å². The standard InChI is InChI=1S/C15H14N2O2S/c1-8-7-19-9(2)14(8)15(18)17-11-4-5-13-12(6-11)16-10(3)20-13/h4-7H,1-3H3,(H,17,18). The Labute approximate surface area is 120 Å². The van der Waals surface area contributed by atoms with E-state index in [1.807, 2.05) is 32.0 Å². The van der Waals surface area contributed by atoms with Gasteiger partial charge in [-0.3, -0.25) is 4.79 Å². The first-order chi connectivity index (χ1) is 9.54. The van der Waals surface area contributed by atoms with Crippen molar-refractivity contribution in [3.63, 3.8) is 0 Å². The summed E-state index contributed by atoms with van der Waals surface area (Å²) in [6.45, 7) is 5.62. The predicted molar refractivity (Wildman–Crippen MR) is 80.5 cm³/mol. The van der Waals surface area contributed by atoms with Crippen LogP contribution < -0.4 is 5.32 Å². The maximum Gasteiger partial charge on any atom is 0.259 e. The molecule has 20 heavy (non-hydrogen) atoms. The zero-order chi connectivity index (χ0) is 14.3. The molecule has 0 unspecified atom stereocenters. The van der Waals surface area contributed by atoms with Crippen molar-refractivity contribution >= 4 is 33.1 Å². The second-order valence-electron chi connectivity index (χ2n) is 4.72. The van der Waals surface area contributed by atoms with Crippen LogP contribution in [0.3, 0.4) is 0 Å². The molecule has 1 aromatic carbocycles. The molecule has 2 heterocycles. The Morgan fingerprint density at radius 1 is 1.30 bits per heavy atom. The highest BCUT2D eigenvalue weighted by atomic mass is 32.1. The van der Waals surface area contributed by atoms with E-state index in [0.29, 0.717) is 11.3 Å². The summed E-state index contributed by atoms with van der Waals surface area (Å²) in [4.78, 5) is 16.7. The number of carbonyl (C=O) groups is 1. The lowest BCUT2D eigenvalue weighted by Gasteiger charge is -2.05. The molecular formula is C15H14N2O2S. The van der Waals surface area contributed by atoms with Crippen LogP contribution in [0.2, 0.25) is 0 Å². The zero-order valence-electron chi connectivity index (χ0n) is 11.5. The third-order valence-electron chi connectivity index (χ3n) is 3.14. The Bertz CT molecular complexity index is 782. The maximum absolute atomic E-state index is 12.3. The Hall–Kier alpha value is -2.14. The van der Waals surface area contributed by atoms with Gasteiger partial charge in [-0.2, -0.15) is 0 Å². The largest absolute Gasteiger partial charge is 0.469 e. The lowest BCUT2D eigenvalue weighted by Crippen LogP contribution is -2.13. The number of carbonyl (C=O) groups excluding carboxylic acids is 1. The SMILES string of the molecule is Cc1nc2cc(NC(=O)c3c(C)coc3C)ccc2s1. The van der Waals surface area contributed by atoms with Crippen molar-refractivity contribution in [1.82, 2.24) is 4.98 Å². The van der Waals surface area contributed by atoms with Gasteiger partial charge in [0.2, 0.25) is 0 Å². The number of thiazole rings is 1. The van der Waals surface area contributed by atoms with Crippen molar-refractivity contribution in [2.45, 2.75) is 20.8 Å². The van der Waals surface area contributed by atoms with Crippen LogP contribution in [0.1, 0.15) is 26.7 Å². The van der Waals surface area contributed by atoms with Crippen molar-refractivity contribution in [3.05, 3.63) is 46.4 Å². The first kappa shape index (κ1) is 12.9. The second kappa shape index (κ2) is 4.76. The average molecular weight is 286 g/mol. The van der Waals surface area contributed by atoms with Gasteiger partial charge in [-0.1, -0.05) is 0 Å². The van der Waals surface area contributed by atoms with Crippen LogP contribution in [0.5, 0.6) is 0 Å². The highest BCUT2D eigenvalue weighted by Crippen LogP contribution is 2.25. The van der Waals surface area contributed by atoms with Gasteiger partial charge in [0.25, 0.3) is 5.91 Å². The minimum atomic E-state index is -0.153. The van der Waals surface area contributed by atoms with E-state index in [1.165, 1.54) is 0 Å². The van der Waals surface area contributed by atoms with Gasteiger partial charge in [-0.25, -0.2) is 4.98 Å². The van der Waals surface area contributed by atoms with Crippen LogP contribution in [-0.4, -0.2) is 10.9 Å². The molecule has 102 valence electrons. The van der Waals surface area contributed by atoms with Gasteiger partial charge in [0.1, 0.15) is 5.76 Å². The van der Waals surface area contributed by atoms with Gasteiger partial charge in [0, 0.05) is 11.3 Å². The summed E-state index contributed by atoms with van der Waals surface area (Å²) in [7, 11) is 0. The number of rotatable bonds is 2. The van der Waals surface area contributed by atoms with E-state index in [9.17, 15) is 4.79 Å². The second-order valence-corrected chi connectivity index (χ2v) is 5.95. The smallest absolute Gasteiger partial charge is 0.259 e. The zero-order valence-corrected chi connectivity index (χ0v) is 12.3. The minimum Gasteiger partial charge on any atom is -0.469 e. The number of fused-ring (bicyclic) bond motifs is 1. The van der Waals surface area contributed by atoms with Crippen LogP contribution >= 0.6 is 11.3 Å². The van der Waals surface area contributed by atoms with Crippen LogP contribution in [0, 0.1) is 20.8 Å². The molecule has 0 radical (unpaired) electrons. The summed E-state index contributed by atoms with van der Waals surface area (Å²) in [5.74, 6) is 0.477. The van der Waals surface area contributed by atoms with Crippen LogP contribution in [0.15, 0.2) is 28.9 Å². The van der Waals surface area contributed by atoms with Crippen molar-refractivity contribution in [1.29, 1.82) is 0 Å². The number of anilines is 1. The highest BCUT2D eigenvalue weighted by molar-refractivity contribution is 7.18. The molecule has 3 aromatic rings. The normalized spacial score (nSPS) is 10.9. The number of hydrogen-bond donors (Lipinski definition) is 1. The summed E-state index contributed by atoms with van der Waals surface area (Å²) in [6.07, 6.45) is 1.59. The van der Waals surface area contributed by atoms with E-state index in [0.717, 1.165) is 26.5 Å². The molecule has 0 spiro atoms. The molecule has 2 aromatic heterocycles. The minimum absolute atomic E-state index is 0.153. The quantitative estimate of drug-likeness (QED) is 0.772. The summed E-state index contributed by atoms with van der Waals surface area (Å²) in [6, 6.07) is 5.76. The molecule has 0 bridgehead atoms. The molecule has 0 atom stereocenters. The molecule has 0 saturated carbocycles. The Balaban J connectivity index is 1.91. The topological polar surface area (TPSA) is 55.1 Å². The van der Waals surface area contributed by atoms with Gasteiger partial charge in [-0.15, -0.1) is 11.3 Å². The average Bonchev–Trinajstić information content (AvgIpc) is 2.91. The van der Waals surface area contributed by atoms with Gasteiger partial charge < -0.3 is 9.73 Å². The molecule has 1 N–H and O–H groups in total. The summed E-state index contributed by atoms with van der Waals surface area (Å²) in [5.41, 5.74) is 3.09. The molecule has 0 aliphatic rings. The fourth-order valence-corrected chi connectivity index (χ4v) is 3.03. The van der Waals surface area contributed by atoms with Crippen LogP contribution in [0.4, 0.5) is 5.69 Å². The van der Waals surface area contributed by atoms with Gasteiger partial charge in [0.05, 0.1) is 27.1 Å². The van der Waals surface area contributed by atoms with Crippen LogP contribution in [0.25, 0.3) is 10.2 Å². The number of nitrogens with one attached hydrogen (secondary N) is 1. The summed E-state index contributed by atoms with van der Waals surface area (Å²) >= 11 is 1.64. The number of aromatic nitrogens is 1. The van der Waals surface area contributed by atoms with Gasteiger partial charge >= 0.3 is 0 Å². The molecular weight excluding hydrogens is 272 g/mol. The van der Waals surface area contributed by atoms with Crippen molar-refractivity contribution < 1.29 is 9.21 Å². The fraction of sp³-hybridized carbons (Fsp3) is 0.200. The lowest BCUT2D eigenvalue weighted by atomic mass is 10.1. The molecule has 4 nitrogen and oxygen atoms in total. The fourth-order valence-electron chi connectivity index (χ4n) is 2.23. The Kier molecular flexibility index (Phi) is 3.06. The maximum atomic E-state index is 12.3. The molecule has 0 aliphatic carbocycles. The first-order valence-corrected chi connectivity index (χ1v) is 7.09. The number of benzene rings is 1. The van der Waals surface area contributed by atoms with Gasteiger partial charge in [0.15, 0.2) is 0 Å². The molecule has 0 aliphatic heterocycles. The molecule has 0 saturated heterocycles. The third-order valence-corrected chi connectivity index (χ3v) is 4.09. The molecule has 0 fully saturated rings. The van der Waals surface area contributed by atoms with E-state index >= 15 is 0 Å². The third kappa shape index (κ3) is 2.20. The monoisotopic (exact) mass is 286 g/mol.